The molecule has 0 spiro atoms. The zero-order chi connectivity index (χ0) is 14.5. The van der Waals surface area contributed by atoms with E-state index in [2.05, 4.69) is 21.2 Å². The van der Waals surface area contributed by atoms with E-state index in [1.807, 2.05) is 24.3 Å². The molecule has 0 fully saturated rings. The standard InChI is InChI=1S/C15H14BrNO3/c16-12-5-1-10(2-6-12)3-8-14(18)17-13-7-4-11(9-13)15(19)20/h1-8,11,13H,9H2,(H,17,18)(H,19,20). The van der Waals surface area contributed by atoms with Crippen molar-refractivity contribution in [2.45, 2.75) is 12.5 Å². The molecule has 4 nitrogen and oxygen atoms in total. The summed E-state index contributed by atoms with van der Waals surface area (Å²) in [6.45, 7) is 0. The molecule has 104 valence electrons. The van der Waals surface area contributed by atoms with E-state index in [9.17, 15) is 9.59 Å². The van der Waals surface area contributed by atoms with Crippen LogP contribution in [0.5, 0.6) is 0 Å². The highest BCUT2D eigenvalue weighted by molar-refractivity contribution is 9.10. The largest absolute Gasteiger partial charge is 0.481 e. The van der Waals surface area contributed by atoms with Crippen molar-refractivity contribution in [3.8, 4) is 0 Å². The Balaban J connectivity index is 1.86. The summed E-state index contributed by atoms with van der Waals surface area (Å²) in [7, 11) is 0. The van der Waals surface area contributed by atoms with Crippen molar-refractivity contribution < 1.29 is 14.7 Å². The van der Waals surface area contributed by atoms with Gasteiger partial charge in [-0.3, -0.25) is 9.59 Å². The Labute approximate surface area is 125 Å². The van der Waals surface area contributed by atoms with Crippen LogP contribution in [0.1, 0.15) is 12.0 Å². The monoisotopic (exact) mass is 335 g/mol. The summed E-state index contributed by atoms with van der Waals surface area (Å²) in [6.07, 6.45) is 6.92. The number of benzene rings is 1. The van der Waals surface area contributed by atoms with Crippen LogP contribution in [0.2, 0.25) is 0 Å². The summed E-state index contributed by atoms with van der Waals surface area (Å²) in [6, 6.07) is 7.37. The number of hydrogen-bond donors (Lipinski definition) is 2. The highest BCUT2D eigenvalue weighted by Crippen LogP contribution is 2.18. The average molecular weight is 336 g/mol. The second-order valence-electron chi connectivity index (χ2n) is 4.57. The van der Waals surface area contributed by atoms with Crippen molar-refractivity contribution in [3.05, 3.63) is 52.5 Å². The lowest BCUT2D eigenvalue weighted by atomic mass is 10.1. The fraction of sp³-hybridized carbons (Fsp3) is 0.200. The van der Waals surface area contributed by atoms with E-state index in [4.69, 9.17) is 5.11 Å². The van der Waals surface area contributed by atoms with Crippen LogP contribution in [0.25, 0.3) is 6.08 Å². The second-order valence-corrected chi connectivity index (χ2v) is 5.48. The van der Waals surface area contributed by atoms with Gasteiger partial charge in [0.2, 0.25) is 5.91 Å². The SMILES string of the molecule is O=C(C=Cc1ccc(Br)cc1)NC1C=CC(C(=O)O)C1. The highest BCUT2D eigenvalue weighted by atomic mass is 79.9. The summed E-state index contributed by atoms with van der Waals surface area (Å²) in [5.41, 5.74) is 0.925. The van der Waals surface area contributed by atoms with E-state index in [-0.39, 0.29) is 11.9 Å². The molecular formula is C15H14BrNO3. The third-order valence-electron chi connectivity index (χ3n) is 3.03. The number of hydrogen-bond acceptors (Lipinski definition) is 2. The first-order chi connectivity index (χ1) is 9.54. The van der Waals surface area contributed by atoms with Crippen LogP contribution >= 0.6 is 15.9 Å². The summed E-state index contributed by atoms with van der Waals surface area (Å²) in [5.74, 6) is -1.59. The van der Waals surface area contributed by atoms with E-state index in [1.54, 1.807) is 18.2 Å². The molecule has 1 aliphatic rings. The van der Waals surface area contributed by atoms with Crippen LogP contribution in [0, 0.1) is 5.92 Å². The number of amides is 1. The Morgan fingerprint density at radius 1 is 1.25 bits per heavy atom. The Hall–Kier alpha value is -1.88. The molecule has 1 aromatic rings. The van der Waals surface area contributed by atoms with Gasteiger partial charge in [-0.25, -0.2) is 0 Å². The molecule has 1 aromatic carbocycles. The van der Waals surface area contributed by atoms with Crippen LogP contribution in [0.4, 0.5) is 0 Å². The van der Waals surface area contributed by atoms with Crippen molar-refractivity contribution in [2.24, 2.45) is 5.92 Å². The molecule has 0 heterocycles. The lowest BCUT2D eigenvalue weighted by Gasteiger charge is -2.10. The van der Waals surface area contributed by atoms with Gasteiger partial charge in [-0.05, 0) is 30.2 Å². The molecule has 2 unspecified atom stereocenters. The van der Waals surface area contributed by atoms with Crippen molar-refractivity contribution in [3.63, 3.8) is 0 Å². The first kappa shape index (κ1) is 14.5. The Bertz CT molecular complexity index is 563. The van der Waals surface area contributed by atoms with Gasteiger partial charge in [0.1, 0.15) is 0 Å². The Morgan fingerprint density at radius 3 is 2.55 bits per heavy atom. The van der Waals surface area contributed by atoms with Crippen LogP contribution in [-0.2, 0) is 9.59 Å². The Morgan fingerprint density at radius 2 is 1.95 bits per heavy atom. The first-order valence-electron chi connectivity index (χ1n) is 6.20. The highest BCUT2D eigenvalue weighted by Gasteiger charge is 2.24. The zero-order valence-corrected chi connectivity index (χ0v) is 12.2. The molecular weight excluding hydrogens is 322 g/mol. The molecule has 1 amide bonds. The number of halogens is 1. The number of rotatable bonds is 4. The maximum absolute atomic E-state index is 11.7. The summed E-state index contributed by atoms with van der Waals surface area (Å²) in [5, 5.41) is 11.6. The molecule has 0 bridgehead atoms. The topological polar surface area (TPSA) is 66.4 Å². The van der Waals surface area contributed by atoms with Crippen LogP contribution < -0.4 is 5.32 Å². The minimum atomic E-state index is -0.858. The quantitative estimate of drug-likeness (QED) is 0.656. The molecule has 0 saturated carbocycles. The summed E-state index contributed by atoms with van der Waals surface area (Å²) < 4.78 is 0.981. The number of carbonyl (C=O) groups is 2. The summed E-state index contributed by atoms with van der Waals surface area (Å²) in [4.78, 5) is 22.5. The molecule has 0 radical (unpaired) electrons. The van der Waals surface area contributed by atoms with Gasteiger partial charge in [0.25, 0.3) is 0 Å². The molecule has 0 aliphatic heterocycles. The lowest BCUT2D eigenvalue weighted by Crippen LogP contribution is -2.31. The fourth-order valence-electron chi connectivity index (χ4n) is 1.97. The number of carboxylic acid groups (broad SMARTS) is 1. The van der Waals surface area contributed by atoms with E-state index in [1.165, 1.54) is 6.08 Å². The van der Waals surface area contributed by atoms with Gasteiger partial charge in [0.05, 0.1) is 5.92 Å². The van der Waals surface area contributed by atoms with Gasteiger partial charge in [0, 0.05) is 16.6 Å². The predicted molar refractivity (Wildman–Crippen MR) is 80.0 cm³/mol. The molecule has 2 rings (SSSR count). The van der Waals surface area contributed by atoms with E-state index in [0.717, 1.165) is 10.0 Å². The minimum Gasteiger partial charge on any atom is -0.481 e. The van der Waals surface area contributed by atoms with Crippen LogP contribution in [0.15, 0.2) is 47.0 Å². The third-order valence-corrected chi connectivity index (χ3v) is 3.55. The molecule has 2 N–H and O–H groups in total. The van der Waals surface area contributed by atoms with Crippen molar-refractivity contribution in [2.75, 3.05) is 0 Å². The van der Waals surface area contributed by atoms with Crippen molar-refractivity contribution >= 4 is 33.9 Å². The maximum atomic E-state index is 11.7. The molecule has 0 aromatic heterocycles. The maximum Gasteiger partial charge on any atom is 0.310 e. The third kappa shape index (κ3) is 4.06. The molecule has 0 saturated heterocycles. The van der Waals surface area contributed by atoms with Gasteiger partial charge in [0.15, 0.2) is 0 Å². The zero-order valence-electron chi connectivity index (χ0n) is 10.6. The smallest absolute Gasteiger partial charge is 0.310 e. The molecule has 20 heavy (non-hydrogen) atoms. The average Bonchev–Trinajstić information content (AvgIpc) is 2.87. The number of carbonyl (C=O) groups excluding carboxylic acids is 1. The van der Waals surface area contributed by atoms with Gasteiger partial charge < -0.3 is 10.4 Å². The molecule has 2 atom stereocenters. The van der Waals surface area contributed by atoms with Crippen LogP contribution in [0.3, 0.4) is 0 Å². The van der Waals surface area contributed by atoms with Crippen molar-refractivity contribution in [1.82, 2.24) is 5.32 Å². The fourth-order valence-corrected chi connectivity index (χ4v) is 2.23. The number of nitrogens with one attached hydrogen (secondary N) is 1. The number of carboxylic acids is 1. The second kappa shape index (κ2) is 6.52. The minimum absolute atomic E-state index is 0.210. The normalized spacial score (nSPS) is 21.2. The number of aliphatic carboxylic acids is 1. The van der Waals surface area contributed by atoms with E-state index >= 15 is 0 Å². The van der Waals surface area contributed by atoms with E-state index < -0.39 is 11.9 Å². The van der Waals surface area contributed by atoms with Crippen molar-refractivity contribution in [1.29, 1.82) is 0 Å². The van der Waals surface area contributed by atoms with Crippen LogP contribution in [-0.4, -0.2) is 23.0 Å². The first-order valence-corrected chi connectivity index (χ1v) is 6.99. The molecule has 5 heteroatoms. The van der Waals surface area contributed by atoms with Gasteiger partial charge in [-0.1, -0.05) is 40.2 Å². The van der Waals surface area contributed by atoms with E-state index in [0.29, 0.717) is 6.42 Å². The van der Waals surface area contributed by atoms with Gasteiger partial charge in [-0.2, -0.15) is 0 Å². The van der Waals surface area contributed by atoms with Gasteiger partial charge >= 0.3 is 5.97 Å². The predicted octanol–water partition coefficient (Wildman–Crippen LogP) is 2.61. The lowest BCUT2D eigenvalue weighted by molar-refractivity contribution is -0.140. The summed E-state index contributed by atoms with van der Waals surface area (Å²) >= 11 is 3.34. The Kier molecular flexibility index (Phi) is 4.74. The molecule has 1 aliphatic carbocycles. The van der Waals surface area contributed by atoms with Gasteiger partial charge in [-0.15, -0.1) is 0 Å².